The number of hydrogen-bond donors (Lipinski definition) is 3. The first-order chi connectivity index (χ1) is 17.0. The van der Waals surface area contributed by atoms with Gasteiger partial charge in [0.05, 0.1) is 11.0 Å². The van der Waals surface area contributed by atoms with Gasteiger partial charge in [-0.05, 0) is 79.5 Å². The smallest absolute Gasteiger partial charge is 0.406 e. The summed E-state index contributed by atoms with van der Waals surface area (Å²) in [6.07, 6.45) is -1.45. The molecule has 1 saturated heterocycles. The maximum absolute atomic E-state index is 12.6. The Morgan fingerprint density at radius 1 is 1.08 bits per heavy atom. The highest BCUT2D eigenvalue weighted by Crippen LogP contribution is 2.46. The molecule has 1 saturated carbocycles. The molecule has 194 valence electrons. The molecule has 2 unspecified atom stereocenters. The average molecular weight is 502 g/mol. The van der Waals surface area contributed by atoms with Crippen LogP contribution in [0.5, 0.6) is 5.75 Å². The molecule has 0 radical (unpaired) electrons. The third kappa shape index (κ3) is 5.32. The topological polar surface area (TPSA) is 63.1 Å². The van der Waals surface area contributed by atoms with E-state index in [1.165, 1.54) is 24.1 Å². The fourth-order valence-electron chi connectivity index (χ4n) is 6.18. The van der Waals surface area contributed by atoms with Gasteiger partial charge in [-0.1, -0.05) is 26.8 Å². The predicted molar refractivity (Wildman–Crippen MR) is 135 cm³/mol. The summed E-state index contributed by atoms with van der Waals surface area (Å²) in [6, 6.07) is 12.9. The van der Waals surface area contributed by atoms with Crippen LogP contribution in [0, 0.1) is 11.3 Å². The van der Waals surface area contributed by atoms with Crippen LogP contribution in [0.4, 0.5) is 24.8 Å². The van der Waals surface area contributed by atoms with Crippen molar-refractivity contribution in [2.45, 2.75) is 71.3 Å². The first kappa shape index (κ1) is 24.9. The Balaban J connectivity index is 1.52. The van der Waals surface area contributed by atoms with Crippen LogP contribution >= 0.6 is 0 Å². The maximum Gasteiger partial charge on any atom is 0.573 e. The van der Waals surface area contributed by atoms with Gasteiger partial charge in [0.1, 0.15) is 5.75 Å². The highest BCUT2D eigenvalue weighted by molar-refractivity contribution is 5.81. The largest absolute Gasteiger partial charge is 0.573 e. The van der Waals surface area contributed by atoms with Gasteiger partial charge in [-0.2, -0.15) is 0 Å². The second kappa shape index (κ2) is 9.27. The van der Waals surface area contributed by atoms with Gasteiger partial charge in [-0.15, -0.1) is 13.2 Å². The number of aromatic nitrogens is 2. The van der Waals surface area contributed by atoms with E-state index in [4.69, 9.17) is 4.98 Å². The van der Waals surface area contributed by atoms with Crippen LogP contribution in [0.1, 0.15) is 64.5 Å². The summed E-state index contributed by atoms with van der Waals surface area (Å²) < 4.78 is 44.0. The zero-order chi connectivity index (χ0) is 25.7. The lowest BCUT2D eigenvalue weighted by atomic mass is 9.70. The predicted octanol–water partition coefficient (Wildman–Crippen LogP) is 6.65. The van der Waals surface area contributed by atoms with E-state index in [1.54, 1.807) is 12.1 Å². The van der Waals surface area contributed by atoms with Gasteiger partial charge in [0.25, 0.3) is 0 Å². The van der Waals surface area contributed by atoms with Crippen LogP contribution in [0.15, 0.2) is 42.5 Å². The number of hydrogen-bond acceptors (Lipinski definition) is 5. The second-order valence-electron chi connectivity index (χ2n) is 11.2. The number of nitrogens with one attached hydrogen (secondary N) is 3. The Hall–Kier alpha value is -2.78. The molecule has 0 amide bonds. The quantitative estimate of drug-likeness (QED) is 0.366. The summed E-state index contributed by atoms with van der Waals surface area (Å²) in [5, 5.41) is 3.38. The van der Waals surface area contributed by atoms with E-state index in [9.17, 15) is 13.2 Å². The van der Waals surface area contributed by atoms with E-state index >= 15 is 0 Å². The van der Waals surface area contributed by atoms with Crippen molar-refractivity contribution >= 4 is 22.7 Å². The first-order valence-electron chi connectivity index (χ1n) is 12.6. The standard InChI is InChI=1S/C27H34F3N5O/c1-16-11-20(14-26(3,4)13-16)35-24-10-5-18(22-15-31-34-17(22)2)12-23(24)33-25(35)32-19-6-8-21(9-7-19)36-27(28,29)30/h5-10,12,16-17,20,22,31,34H,11,13-15H2,1-4H3,(H,32,33)/t16-,17?,20+,22?/m0/s1. The Bertz CT molecular complexity index is 1220. The number of anilines is 2. The summed E-state index contributed by atoms with van der Waals surface area (Å²) in [5.74, 6) is 1.39. The second-order valence-corrected chi connectivity index (χ2v) is 11.2. The molecule has 4 atom stereocenters. The van der Waals surface area contributed by atoms with Crippen LogP contribution in [0.2, 0.25) is 0 Å². The molecule has 1 aliphatic heterocycles. The molecule has 2 aliphatic rings. The van der Waals surface area contributed by atoms with Crippen molar-refractivity contribution in [1.82, 2.24) is 20.4 Å². The molecule has 5 rings (SSSR count). The monoisotopic (exact) mass is 501 g/mol. The molecule has 3 N–H and O–H groups in total. The van der Waals surface area contributed by atoms with Gasteiger partial charge in [-0.3, -0.25) is 10.9 Å². The van der Waals surface area contributed by atoms with Crippen molar-refractivity contribution in [1.29, 1.82) is 0 Å². The lowest BCUT2D eigenvalue weighted by molar-refractivity contribution is -0.274. The van der Waals surface area contributed by atoms with Crippen molar-refractivity contribution in [3.05, 3.63) is 48.0 Å². The minimum Gasteiger partial charge on any atom is -0.406 e. The number of rotatable bonds is 5. The SMILES string of the molecule is CC1NNCC1c1ccc2c(c1)nc(Nc1ccc(OC(F)(F)F)cc1)n2[C@@H]1C[C@H](C)CC(C)(C)C1. The Morgan fingerprint density at radius 2 is 1.83 bits per heavy atom. The molecule has 1 aromatic heterocycles. The molecule has 2 aromatic carbocycles. The van der Waals surface area contributed by atoms with Gasteiger partial charge >= 0.3 is 6.36 Å². The van der Waals surface area contributed by atoms with Crippen LogP contribution < -0.4 is 20.9 Å². The Labute approximate surface area is 209 Å². The summed E-state index contributed by atoms with van der Waals surface area (Å²) in [4.78, 5) is 4.99. The van der Waals surface area contributed by atoms with E-state index in [2.05, 4.69) is 71.4 Å². The molecule has 0 bridgehead atoms. The van der Waals surface area contributed by atoms with Gasteiger partial charge in [0.15, 0.2) is 0 Å². The van der Waals surface area contributed by atoms with Gasteiger partial charge in [-0.25, -0.2) is 4.98 Å². The summed E-state index contributed by atoms with van der Waals surface area (Å²) in [6.45, 7) is 9.97. The van der Waals surface area contributed by atoms with E-state index in [-0.39, 0.29) is 17.2 Å². The molecular weight excluding hydrogens is 467 g/mol. The molecule has 0 spiro atoms. The number of hydrazine groups is 1. The molecule has 2 fully saturated rings. The number of benzene rings is 2. The maximum atomic E-state index is 12.6. The average Bonchev–Trinajstić information content (AvgIpc) is 3.35. The van der Waals surface area contributed by atoms with Gasteiger partial charge < -0.3 is 14.6 Å². The lowest BCUT2D eigenvalue weighted by Gasteiger charge is -2.40. The fourth-order valence-corrected chi connectivity index (χ4v) is 6.18. The number of nitrogens with zero attached hydrogens (tertiary/aromatic N) is 2. The van der Waals surface area contributed by atoms with E-state index in [0.29, 0.717) is 29.5 Å². The number of imidazole rings is 1. The fraction of sp³-hybridized carbons (Fsp3) is 0.519. The third-order valence-corrected chi connectivity index (χ3v) is 7.47. The summed E-state index contributed by atoms with van der Waals surface area (Å²) >= 11 is 0. The van der Waals surface area contributed by atoms with E-state index in [0.717, 1.165) is 30.4 Å². The molecular formula is C27H34F3N5O. The molecule has 6 nitrogen and oxygen atoms in total. The number of halogens is 3. The zero-order valence-electron chi connectivity index (χ0n) is 21.1. The number of alkyl halides is 3. The molecule has 9 heteroatoms. The van der Waals surface area contributed by atoms with Crippen LogP contribution in [-0.4, -0.2) is 28.5 Å². The Morgan fingerprint density at radius 3 is 2.47 bits per heavy atom. The number of fused-ring (bicyclic) bond motifs is 1. The van der Waals surface area contributed by atoms with E-state index in [1.807, 2.05) is 0 Å². The third-order valence-electron chi connectivity index (χ3n) is 7.47. The zero-order valence-corrected chi connectivity index (χ0v) is 21.1. The summed E-state index contributed by atoms with van der Waals surface area (Å²) in [7, 11) is 0. The van der Waals surface area contributed by atoms with Crippen molar-refractivity contribution in [2.24, 2.45) is 11.3 Å². The van der Waals surface area contributed by atoms with Crippen molar-refractivity contribution in [3.63, 3.8) is 0 Å². The molecule has 1 aliphatic carbocycles. The molecule has 36 heavy (non-hydrogen) atoms. The van der Waals surface area contributed by atoms with Gasteiger partial charge in [0.2, 0.25) is 5.95 Å². The lowest BCUT2D eigenvalue weighted by Crippen LogP contribution is -2.29. The van der Waals surface area contributed by atoms with Crippen LogP contribution in [-0.2, 0) is 0 Å². The minimum absolute atomic E-state index is 0.212. The summed E-state index contributed by atoms with van der Waals surface area (Å²) in [5.41, 5.74) is 10.6. The van der Waals surface area contributed by atoms with Crippen molar-refractivity contribution < 1.29 is 17.9 Å². The normalized spacial score (nSPS) is 26.3. The number of ether oxygens (including phenoxy) is 1. The van der Waals surface area contributed by atoms with Gasteiger partial charge in [0, 0.05) is 30.2 Å². The highest BCUT2D eigenvalue weighted by atomic mass is 19.4. The van der Waals surface area contributed by atoms with Crippen molar-refractivity contribution in [2.75, 3.05) is 11.9 Å². The molecule has 2 heterocycles. The first-order valence-corrected chi connectivity index (χ1v) is 12.6. The van der Waals surface area contributed by atoms with E-state index < -0.39 is 6.36 Å². The minimum atomic E-state index is -4.72. The Kier molecular flexibility index (Phi) is 6.41. The van der Waals surface area contributed by atoms with Crippen LogP contribution in [0.25, 0.3) is 11.0 Å². The molecule has 3 aromatic rings. The van der Waals surface area contributed by atoms with Crippen molar-refractivity contribution in [3.8, 4) is 5.75 Å². The highest BCUT2D eigenvalue weighted by Gasteiger charge is 2.35. The van der Waals surface area contributed by atoms with Crippen LogP contribution in [0.3, 0.4) is 0 Å².